The number of hydrogen-bond acceptors (Lipinski definition) is 3. The summed E-state index contributed by atoms with van der Waals surface area (Å²) in [5.41, 5.74) is 0. The lowest BCUT2D eigenvalue weighted by Gasteiger charge is -2.44. The average Bonchev–Trinajstić information content (AvgIpc) is 3.22. The minimum absolute atomic E-state index is 0.133. The molecule has 1 aliphatic carbocycles. The summed E-state index contributed by atoms with van der Waals surface area (Å²) in [6.07, 6.45) is 5.60. The zero-order chi connectivity index (χ0) is 15.2. The third-order valence-corrected chi connectivity index (χ3v) is 7.85. The van der Waals surface area contributed by atoms with Gasteiger partial charge in [0, 0.05) is 38.3 Å². The first-order valence-corrected chi connectivity index (χ1v) is 9.83. The van der Waals surface area contributed by atoms with E-state index in [2.05, 4.69) is 18.7 Å². The summed E-state index contributed by atoms with van der Waals surface area (Å²) in [5.74, 6) is 0.567. The Kier molecular flexibility index (Phi) is 4.34. The molecule has 1 saturated carbocycles. The van der Waals surface area contributed by atoms with Crippen LogP contribution in [0.4, 0.5) is 0 Å². The van der Waals surface area contributed by atoms with Crippen molar-refractivity contribution in [2.75, 3.05) is 26.7 Å². The van der Waals surface area contributed by atoms with Crippen molar-refractivity contribution < 1.29 is 8.42 Å². The lowest BCUT2D eigenvalue weighted by Crippen LogP contribution is -2.60. The molecule has 3 atom stereocenters. The molecule has 6 heteroatoms. The second-order valence-electron chi connectivity index (χ2n) is 7.02. The van der Waals surface area contributed by atoms with Crippen molar-refractivity contribution in [2.45, 2.75) is 64.1 Å². The van der Waals surface area contributed by atoms with Crippen molar-refractivity contribution in [2.24, 2.45) is 5.92 Å². The predicted molar refractivity (Wildman–Crippen MR) is 84.2 cm³/mol. The van der Waals surface area contributed by atoms with E-state index in [0.29, 0.717) is 18.5 Å². The van der Waals surface area contributed by atoms with Gasteiger partial charge in [-0.3, -0.25) is 4.90 Å². The molecular formula is C15H29N3O2S. The van der Waals surface area contributed by atoms with Crippen LogP contribution in [0.3, 0.4) is 0 Å². The highest BCUT2D eigenvalue weighted by Crippen LogP contribution is 2.37. The van der Waals surface area contributed by atoms with E-state index < -0.39 is 10.2 Å². The Morgan fingerprint density at radius 2 is 1.95 bits per heavy atom. The first kappa shape index (κ1) is 15.7. The molecule has 5 nitrogen and oxygen atoms in total. The van der Waals surface area contributed by atoms with Crippen molar-refractivity contribution in [3.8, 4) is 0 Å². The minimum atomic E-state index is -3.33. The Morgan fingerprint density at radius 3 is 2.57 bits per heavy atom. The van der Waals surface area contributed by atoms with Gasteiger partial charge in [-0.05, 0) is 51.5 Å². The molecule has 3 fully saturated rings. The summed E-state index contributed by atoms with van der Waals surface area (Å²) in [4.78, 5) is 2.49. The molecule has 0 N–H and O–H groups in total. The molecule has 3 unspecified atom stereocenters. The molecular weight excluding hydrogens is 286 g/mol. The topological polar surface area (TPSA) is 43.9 Å². The Bertz CT molecular complexity index is 477. The maximum Gasteiger partial charge on any atom is 0.282 e. The van der Waals surface area contributed by atoms with E-state index in [1.54, 1.807) is 15.7 Å². The van der Waals surface area contributed by atoms with E-state index >= 15 is 0 Å². The van der Waals surface area contributed by atoms with Crippen molar-refractivity contribution >= 4 is 10.2 Å². The minimum Gasteiger partial charge on any atom is -0.297 e. The highest BCUT2D eigenvalue weighted by Gasteiger charge is 2.44. The molecule has 0 aromatic carbocycles. The van der Waals surface area contributed by atoms with Crippen molar-refractivity contribution in [1.82, 2.24) is 13.5 Å². The number of fused-ring (bicyclic) bond motifs is 1. The van der Waals surface area contributed by atoms with Crippen LogP contribution in [0, 0.1) is 5.92 Å². The van der Waals surface area contributed by atoms with Crippen LogP contribution in [-0.4, -0.2) is 66.7 Å². The molecule has 122 valence electrons. The highest BCUT2D eigenvalue weighted by molar-refractivity contribution is 7.86. The molecule has 0 spiro atoms. The standard InChI is InChI=1S/C15H29N3O2S/c1-4-14-10-17-9-5-6-15(17)11-18(14)21(19,20)16(3)12(2)13-7-8-13/h12-15H,4-11H2,1-3H3. The second kappa shape index (κ2) is 5.80. The Morgan fingerprint density at radius 1 is 1.24 bits per heavy atom. The summed E-state index contributed by atoms with van der Waals surface area (Å²) in [6.45, 7) is 6.90. The molecule has 2 aliphatic heterocycles. The molecule has 0 aromatic rings. The van der Waals surface area contributed by atoms with Crippen LogP contribution in [0.5, 0.6) is 0 Å². The van der Waals surface area contributed by atoms with Crippen LogP contribution < -0.4 is 0 Å². The molecule has 0 aromatic heterocycles. The Labute approximate surface area is 129 Å². The average molecular weight is 315 g/mol. The Hall–Kier alpha value is -0.170. The van der Waals surface area contributed by atoms with Gasteiger partial charge in [0.1, 0.15) is 0 Å². The fraction of sp³-hybridized carbons (Fsp3) is 1.00. The normalized spacial score (nSPS) is 33.3. The van der Waals surface area contributed by atoms with Crippen molar-refractivity contribution in [3.05, 3.63) is 0 Å². The van der Waals surface area contributed by atoms with Crippen molar-refractivity contribution in [3.63, 3.8) is 0 Å². The van der Waals surface area contributed by atoms with Gasteiger partial charge in [-0.15, -0.1) is 0 Å². The third-order valence-electron chi connectivity index (χ3n) is 5.75. The number of rotatable bonds is 5. The van der Waals surface area contributed by atoms with Gasteiger partial charge in [0.15, 0.2) is 0 Å². The maximum atomic E-state index is 13.1. The lowest BCUT2D eigenvalue weighted by molar-refractivity contribution is 0.100. The zero-order valence-corrected chi connectivity index (χ0v) is 14.3. The Balaban J connectivity index is 1.78. The van der Waals surface area contributed by atoms with E-state index in [4.69, 9.17) is 0 Å². The summed E-state index contributed by atoms with van der Waals surface area (Å²) in [5, 5.41) is 0. The third kappa shape index (κ3) is 2.87. The van der Waals surface area contributed by atoms with E-state index in [1.165, 1.54) is 19.3 Å². The quantitative estimate of drug-likeness (QED) is 0.772. The SMILES string of the molecule is CCC1CN2CCCC2CN1S(=O)(=O)N(C)C(C)C1CC1. The van der Waals surface area contributed by atoms with Gasteiger partial charge in [0.2, 0.25) is 0 Å². The van der Waals surface area contributed by atoms with Gasteiger partial charge in [0.05, 0.1) is 0 Å². The lowest BCUT2D eigenvalue weighted by atomic mass is 10.1. The molecule has 21 heavy (non-hydrogen) atoms. The molecule has 0 amide bonds. The second-order valence-corrected chi connectivity index (χ2v) is 8.97. The fourth-order valence-electron chi connectivity index (χ4n) is 3.93. The van der Waals surface area contributed by atoms with E-state index in [1.807, 2.05) is 0 Å². The summed E-state index contributed by atoms with van der Waals surface area (Å²) in [6, 6.07) is 0.708. The van der Waals surface area contributed by atoms with Crippen LogP contribution in [0.25, 0.3) is 0 Å². The number of piperazine rings is 1. The van der Waals surface area contributed by atoms with Crippen LogP contribution in [0.1, 0.15) is 46.0 Å². The van der Waals surface area contributed by atoms with Crippen LogP contribution in [0.15, 0.2) is 0 Å². The first-order chi connectivity index (χ1) is 9.95. The van der Waals surface area contributed by atoms with Crippen molar-refractivity contribution in [1.29, 1.82) is 0 Å². The van der Waals surface area contributed by atoms with Gasteiger partial charge in [-0.2, -0.15) is 17.0 Å². The number of nitrogens with zero attached hydrogens (tertiary/aromatic N) is 3. The molecule has 2 heterocycles. The van der Waals surface area contributed by atoms with Gasteiger partial charge in [-0.1, -0.05) is 6.92 Å². The monoisotopic (exact) mass is 315 g/mol. The molecule has 0 bridgehead atoms. The van der Waals surface area contributed by atoms with Crippen LogP contribution >= 0.6 is 0 Å². The van der Waals surface area contributed by atoms with E-state index in [-0.39, 0.29) is 12.1 Å². The largest absolute Gasteiger partial charge is 0.297 e. The molecule has 2 saturated heterocycles. The predicted octanol–water partition coefficient (Wildman–Crippen LogP) is 1.52. The summed E-state index contributed by atoms with van der Waals surface area (Å²) < 4.78 is 29.5. The highest BCUT2D eigenvalue weighted by atomic mass is 32.2. The summed E-state index contributed by atoms with van der Waals surface area (Å²) >= 11 is 0. The zero-order valence-electron chi connectivity index (χ0n) is 13.5. The van der Waals surface area contributed by atoms with Gasteiger partial charge >= 0.3 is 0 Å². The van der Waals surface area contributed by atoms with Gasteiger partial charge in [0.25, 0.3) is 10.2 Å². The smallest absolute Gasteiger partial charge is 0.282 e. The van der Waals surface area contributed by atoms with Gasteiger partial charge < -0.3 is 0 Å². The van der Waals surface area contributed by atoms with Crippen LogP contribution in [-0.2, 0) is 10.2 Å². The van der Waals surface area contributed by atoms with E-state index in [9.17, 15) is 8.42 Å². The van der Waals surface area contributed by atoms with Gasteiger partial charge in [-0.25, -0.2) is 0 Å². The van der Waals surface area contributed by atoms with E-state index in [0.717, 1.165) is 25.9 Å². The molecule has 0 radical (unpaired) electrons. The molecule has 3 rings (SSSR count). The number of hydrogen-bond donors (Lipinski definition) is 0. The maximum absolute atomic E-state index is 13.1. The fourth-order valence-corrected chi connectivity index (χ4v) is 5.80. The first-order valence-electron chi connectivity index (χ1n) is 8.44. The molecule has 3 aliphatic rings. The van der Waals surface area contributed by atoms with Crippen LogP contribution in [0.2, 0.25) is 0 Å². The summed E-state index contributed by atoms with van der Waals surface area (Å²) in [7, 11) is -1.56.